The molecule has 0 aliphatic heterocycles. The van der Waals surface area contributed by atoms with E-state index in [9.17, 15) is 0 Å². The summed E-state index contributed by atoms with van der Waals surface area (Å²) in [7, 11) is 0. The number of nitrogens with two attached hydrogens (primary N) is 1. The largest absolute Gasteiger partial charge is 0.327 e. The molecule has 0 spiro atoms. The summed E-state index contributed by atoms with van der Waals surface area (Å²) in [5, 5.41) is 0. The first-order chi connectivity index (χ1) is 6.45. The number of rotatable bonds is 7. The lowest BCUT2D eigenvalue weighted by Crippen LogP contribution is -2.40. The molecule has 0 aliphatic carbocycles. The Morgan fingerprint density at radius 3 is 1.64 bits per heavy atom. The van der Waals surface area contributed by atoms with Gasteiger partial charge in [0.15, 0.2) is 0 Å². The highest BCUT2D eigenvalue weighted by molar-refractivity contribution is 4.69. The molecule has 0 radical (unpaired) electrons. The Hall–Kier alpha value is -0.0800. The van der Waals surface area contributed by atoms with Crippen molar-refractivity contribution < 1.29 is 0 Å². The number of hydrogen-bond donors (Lipinski definition) is 1. The Labute approximate surface area is 89.9 Å². The fourth-order valence-electron chi connectivity index (χ4n) is 1.72. The third kappa shape index (κ3) is 7.34. The van der Waals surface area contributed by atoms with Crippen molar-refractivity contribution in [2.75, 3.05) is 19.6 Å². The van der Waals surface area contributed by atoms with Crippen LogP contribution in [0.3, 0.4) is 0 Å². The molecule has 0 saturated carbocycles. The van der Waals surface area contributed by atoms with E-state index in [0.29, 0.717) is 6.04 Å². The molecule has 2 N–H and O–H groups in total. The Morgan fingerprint density at radius 2 is 1.36 bits per heavy atom. The summed E-state index contributed by atoms with van der Waals surface area (Å²) in [5.41, 5.74) is 5.98. The molecule has 0 fully saturated rings. The van der Waals surface area contributed by atoms with Crippen LogP contribution in [0.4, 0.5) is 0 Å². The van der Waals surface area contributed by atoms with E-state index in [0.717, 1.165) is 24.8 Å². The van der Waals surface area contributed by atoms with Crippen LogP contribution >= 0.6 is 0 Å². The van der Waals surface area contributed by atoms with Gasteiger partial charge in [-0.1, -0.05) is 34.6 Å². The molecule has 0 bridgehead atoms. The Morgan fingerprint density at radius 1 is 0.929 bits per heavy atom. The van der Waals surface area contributed by atoms with E-state index in [4.69, 9.17) is 5.73 Å². The first kappa shape index (κ1) is 13.9. The lowest BCUT2D eigenvalue weighted by molar-refractivity contribution is 0.206. The molecule has 1 unspecified atom stereocenters. The van der Waals surface area contributed by atoms with Crippen LogP contribution in [0.1, 0.15) is 41.0 Å². The van der Waals surface area contributed by atoms with Crippen molar-refractivity contribution in [3.63, 3.8) is 0 Å². The average Bonchev–Trinajstić information content (AvgIpc) is 2.01. The van der Waals surface area contributed by atoms with Crippen molar-refractivity contribution in [2.24, 2.45) is 17.6 Å². The Balaban J connectivity index is 3.96. The van der Waals surface area contributed by atoms with E-state index in [-0.39, 0.29) is 0 Å². The summed E-state index contributed by atoms with van der Waals surface area (Å²) in [5.74, 6) is 1.47. The third-order valence-corrected chi connectivity index (χ3v) is 2.26. The second-order valence-electron chi connectivity index (χ2n) is 5.17. The molecule has 0 aliphatic rings. The zero-order valence-corrected chi connectivity index (χ0v) is 10.6. The maximum atomic E-state index is 5.98. The van der Waals surface area contributed by atoms with Gasteiger partial charge >= 0.3 is 0 Å². The Kier molecular flexibility index (Phi) is 7.20. The van der Waals surface area contributed by atoms with E-state index < -0.39 is 0 Å². The van der Waals surface area contributed by atoms with Crippen molar-refractivity contribution in [2.45, 2.75) is 47.1 Å². The topological polar surface area (TPSA) is 29.3 Å². The predicted octanol–water partition coefficient (Wildman–Crippen LogP) is 2.34. The molecule has 2 heteroatoms. The van der Waals surface area contributed by atoms with Gasteiger partial charge in [-0.3, -0.25) is 0 Å². The molecule has 0 aromatic heterocycles. The summed E-state index contributed by atoms with van der Waals surface area (Å²) >= 11 is 0. The second-order valence-corrected chi connectivity index (χ2v) is 5.17. The molecule has 2 nitrogen and oxygen atoms in total. The molecule has 0 saturated heterocycles. The molecule has 0 aromatic carbocycles. The van der Waals surface area contributed by atoms with Gasteiger partial charge in [0, 0.05) is 25.7 Å². The van der Waals surface area contributed by atoms with Gasteiger partial charge in [0.25, 0.3) is 0 Å². The standard InChI is InChI=1S/C12H28N2/c1-6-12(13)9-14(7-10(2)3)8-11(4)5/h10-12H,6-9,13H2,1-5H3. The summed E-state index contributed by atoms with van der Waals surface area (Å²) in [4.78, 5) is 2.50. The minimum atomic E-state index is 0.340. The van der Waals surface area contributed by atoms with Gasteiger partial charge in [0.2, 0.25) is 0 Å². The first-order valence-corrected chi connectivity index (χ1v) is 5.93. The highest BCUT2D eigenvalue weighted by Crippen LogP contribution is 2.05. The lowest BCUT2D eigenvalue weighted by Gasteiger charge is -2.28. The molecule has 0 aromatic rings. The summed E-state index contributed by atoms with van der Waals surface area (Å²) in [6, 6.07) is 0.340. The van der Waals surface area contributed by atoms with Gasteiger partial charge < -0.3 is 10.6 Å². The van der Waals surface area contributed by atoms with E-state index in [1.165, 1.54) is 13.1 Å². The van der Waals surface area contributed by atoms with Gasteiger partial charge in [0.05, 0.1) is 0 Å². The van der Waals surface area contributed by atoms with Crippen molar-refractivity contribution in [3.8, 4) is 0 Å². The van der Waals surface area contributed by atoms with Crippen LogP contribution in [0, 0.1) is 11.8 Å². The molecular weight excluding hydrogens is 172 g/mol. The lowest BCUT2D eigenvalue weighted by atomic mass is 10.1. The summed E-state index contributed by atoms with van der Waals surface area (Å²) in [6.07, 6.45) is 1.08. The number of hydrogen-bond acceptors (Lipinski definition) is 2. The number of nitrogens with zero attached hydrogens (tertiary/aromatic N) is 1. The van der Waals surface area contributed by atoms with Gasteiger partial charge in [-0.2, -0.15) is 0 Å². The first-order valence-electron chi connectivity index (χ1n) is 5.93. The fourth-order valence-corrected chi connectivity index (χ4v) is 1.72. The normalized spacial score (nSPS) is 14.4. The van der Waals surface area contributed by atoms with Crippen molar-refractivity contribution >= 4 is 0 Å². The monoisotopic (exact) mass is 200 g/mol. The molecule has 14 heavy (non-hydrogen) atoms. The molecule has 1 atom stereocenters. The van der Waals surface area contributed by atoms with Crippen LogP contribution in [-0.4, -0.2) is 30.6 Å². The summed E-state index contributed by atoms with van der Waals surface area (Å²) < 4.78 is 0. The smallest absolute Gasteiger partial charge is 0.0165 e. The highest BCUT2D eigenvalue weighted by Gasteiger charge is 2.12. The second kappa shape index (κ2) is 7.24. The van der Waals surface area contributed by atoms with Crippen molar-refractivity contribution in [1.82, 2.24) is 4.90 Å². The minimum Gasteiger partial charge on any atom is -0.327 e. The van der Waals surface area contributed by atoms with Crippen molar-refractivity contribution in [3.05, 3.63) is 0 Å². The maximum absolute atomic E-state index is 5.98. The van der Waals surface area contributed by atoms with Gasteiger partial charge in [-0.15, -0.1) is 0 Å². The van der Waals surface area contributed by atoms with E-state index in [2.05, 4.69) is 39.5 Å². The zero-order chi connectivity index (χ0) is 11.1. The van der Waals surface area contributed by atoms with Crippen LogP contribution in [0.15, 0.2) is 0 Å². The van der Waals surface area contributed by atoms with Gasteiger partial charge in [0.1, 0.15) is 0 Å². The molecular formula is C12H28N2. The maximum Gasteiger partial charge on any atom is 0.0165 e. The predicted molar refractivity (Wildman–Crippen MR) is 64.4 cm³/mol. The Bertz CT molecular complexity index is 122. The molecule has 0 heterocycles. The zero-order valence-electron chi connectivity index (χ0n) is 10.6. The third-order valence-electron chi connectivity index (χ3n) is 2.26. The van der Waals surface area contributed by atoms with Crippen LogP contribution in [-0.2, 0) is 0 Å². The van der Waals surface area contributed by atoms with Crippen LogP contribution < -0.4 is 5.73 Å². The quantitative estimate of drug-likeness (QED) is 0.683. The highest BCUT2D eigenvalue weighted by atomic mass is 15.1. The van der Waals surface area contributed by atoms with Crippen molar-refractivity contribution in [1.29, 1.82) is 0 Å². The van der Waals surface area contributed by atoms with E-state index in [1.54, 1.807) is 0 Å². The van der Waals surface area contributed by atoms with Crippen LogP contribution in [0.5, 0.6) is 0 Å². The minimum absolute atomic E-state index is 0.340. The van der Waals surface area contributed by atoms with Gasteiger partial charge in [-0.05, 0) is 18.3 Å². The van der Waals surface area contributed by atoms with E-state index in [1.807, 2.05) is 0 Å². The van der Waals surface area contributed by atoms with Gasteiger partial charge in [-0.25, -0.2) is 0 Å². The molecule has 0 rings (SSSR count). The summed E-state index contributed by atoms with van der Waals surface area (Å²) in [6.45, 7) is 14.6. The molecule has 86 valence electrons. The van der Waals surface area contributed by atoms with Crippen LogP contribution in [0.2, 0.25) is 0 Å². The van der Waals surface area contributed by atoms with E-state index >= 15 is 0 Å². The molecule has 0 amide bonds. The fraction of sp³-hybridized carbons (Fsp3) is 1.00. The SMILES string of the molecule is CCC(N)CN(CC(C)C)CC(C)C. The van der Waals surface area contributed by atoms with Crippen LogP contribution in [0.25, 0.3) is 0 Å². The average molecular weight is 200 g/mol.